The molecule has 1 fully saturated rings. The number of hydrogen-bond acceptors (Lipinski definition) is 2. The van der Waals surface area contributed by atoms with E-state index >= 15 is 0 Å². The van der Waals surface area contributed by atoms with E-state index in [0.717, 1.165) is 11.4 Å². The van der Waals surface area contributed by atoms with Crippen LogP contribution in [0.25, 0.3) is 0 Å². The molecule has 0 aromatic heterocycles. The number of rotatable bonds is 4. The van der Waals surface area contributed by atoms with Gasteiger partial charge in [-0.25, -0.2) is 0 Å². The third-order valence-electron chi connectivity index (χ3n) is 4.54. The number of hydrazine groups is 1. The zero-order valence-electron chi connectivity index (χ0n) is 12.0. The van der Waals surface area contributed by atoms with Gasteiger partial charge >= 0.3 is 0 Å². The summed E-state index contributed by atoms with van der Waals surface area (Å²) in [5.41, 5.74) is 4.84. The van der Waals surface area contributed by atoms with Crippen molar-refractivity contribution >= 4 is 11.6 Å². The van der Waals surface area contributed by atoms with E-state index in [-0.39, 0.29) is 0 Å². The average molecular weight is 281 g/mol. The minimum atomic E-state index is 0.372. The van der Waals surface area contributed by atoms with E-state index in [2.05, 4.69) is 31.4 Å². The molecule has 3 N–H and O–H groups in total. The van der Waals surface area contributed by atoms with Crippen LogP contribution in [0.15, 0.2) is 24.3 Å². The molecule has 1 aliphatic carbocycles. The van der Waals surface area contributed by atoms with E-state index in [1.807, 2.05) is 12.1 Å². The van der Waals surface area contributed by atoms with Crippen molar-refractivity contribution in [1.29, 1.82) is 0 Å². The fourth-order valence-corrected chi connectivity index (χ4v) is 3.19. The predicted molar refractivity (Wildman–Crippen MR) is 82.0 cm³/mol. The molecule has 0 saturated heterocycles. The Morgan fingerprint density at radius 2 is 1.84 bits per heavy atom. The lowest BCUT2D eigenvalue weighted by atomic mass is 9.70. The molecule has 1 aromatic carbocycles. The molecule has 0 heterocycles. The van der Waals surface area contributed by atoms with E-state index in [1.54, 1.807) is 0 Å². The van der Waals surface area contributed by atoms with Gasteiger partial charge in [0.05, 0.1) is 0 Å². The maximum atomic E-state index is 5.92. The van der Waals surface area contributed by atoms with Gasteiger partial charge in [0.1, 0.15) is 0 Å². The van der Waals surface area contributed by atoms with Crippen molar-refractivity contribution in [1.82, 2.24) is 5.43 Å². The molecule has 3 heteroatoms. The standard InChI is InChI=1S/C16H25ClN2/c1-16(2)9-7-13(8-10-16)15(19-18)11-12-3-5-14(17)6-4-12/h3-6,13,15,19H,7-11,18H2,1-2H3. The van der Waals surface area contributed by atoms with Crippen molar-refractivity contribution in [3.8, 4) is 0 Å². The van der Waals surface area contributed by atoms with Crippen LogP contribution in [0.1, 0.15) is 45.1 Å². The van der Waals surface area contributed by atoms with E-state index in [1.165, 1.54) is 31.2 Å². The van der Waals surface area contributed by atoms with Crippen LogP contribution in [0.3, 0.4) is 0 Å². The van der Waals surface area contributed by atoms with E-state index in [0.29, 0.717) is 17.4 Å². The highest BCUT2D eigenvalue weighted by Gasteiger charge is 2.30. The molecular weight excluding hydrogens is 256 g/mol. The molecule has 2 rings (SSSR count). The van der Waals surface area contributed by atoms with E-state index in [9.17, 15) is 0 Å². The smallest absolute Gasteiger partial charge is 0.0406 e. The Bertz CT molecular complexity index is 390. The molecule has 0 bridgehead atoms. The number of halogens is 1. The Morgan fingerprint density at radius 1 is 1.26 bits per heavy atom. The molecule has 1 saturated carbocycles. The molecule has 1 atom stereocenters. The van der Waals surface area contributed by atoms with Crippen molar-refractivity contribution in [2.75, 3.05) is 0 Å². The summed E-state index contributed by atoms with van der Waals surface area (Å²) < 4.78 is 0. The number of hydrogen-bond donors (Lipinski definition) is 2. The van der Waals surface area contributed by atoms with Crippen LogP contribution in [0.4, 0.5) is 0 Å². The van der Waals surface area contributed by atoms with Gasteiger partial charge in [0, 0.05) is 11.1 Å². The van der Waals surface area contributed by atoms with Crippen molar-refractivity contribution in [3.05, 3.63) is 34.9 Å². The van der Waals surface area contributed by atoms with Gasteiger partial charge in [0.2, 0.25) is 0 Å². The first-order valence-corrected chi connectivity index (χ1v) is 7.58. The highest BCUT2D eigenvalue weighted by atomic mass is 35.5. The van der Waals surface area contributed by atoms with Crippen LogP contribution in [-0.2, 0) is 6.42 Å². The van der Waals surface area contributed by atoms with E-state index < -0.39 is 0 Å². The summed E-state index contributed by atoms with van der Waals surface area (Å²) in [6.45, 7) is 4.74. The highest BCUT2D eigenvalue weighted by Crippen LogP contribution is 2.39. The molecule has 1 unspecified atom stereocenters. The second-order valence-corrected chi connectivity index (χ2v) is 7.04. The number of benzene rings is 1. The van der Waals surface area contributed by atoms with Crippen molar-refractivity contribution in [2.45, 2.75) is 52.0 Å². The maximum absolute atomic E-state index is 5.92. The van der Waals surface area contributed by atoms with Gasteiger partial charge in [0.15, 0.2) is 0 Å². The Labute approximate surface area is 121 Å². The molecule has 1 aromatic rings. The van der Waals surface area contributed by atoms with Crippen LogP contribution in [0.2, 0.25) is 5.02 Å². The van der Waals surface area contributed by atoms with Crippen molar-refractivity contribution in [2.24, 2.45) is 17.2 Å². The Morgan fingerprint density at radius 3 is 2.37 bits per heavy atom. The van der Waals surface area contributed by atoms with Gasteiger partial charge in [-0.05, 0) is 61.1 Å². The molecule has 0 amide bonds. The van der Waals surface area contributed by atoms with Crippen LogP contribution >= 0.6 is 11.6 Å². The first kappa shape index (κ1) is 14.8. The van der Waals surface area contributed by atoms with E-state index in [4.69, 9.17) is 17.4 Å². The third-order valence-corrected chi connectivity index (χ3v) is 4.79. The summed E-state index contributed by atoms with van der Waals surface area (Å²) in [5, 5.41) is 0.792. The molecule has 19 heavy (non-hydrogen) atoms. The lowest BCUT2D eigenvalue weighted by Gasteiger charge is -2.37. The van der Waals surface area contributed by atoms with Crippen molar-refractivity contribution in [3.63, 3.8) is 0 Å². The molecule has 106 valence electrons. The minimum absolute atomic E-state index is 0.372. The zero-order valence-corrected chi connectivity index (χ0v) is 12.7. The second kappa shape index (κ2) is 6.25. The van der Waals surface area contributed by atoms with Gasteiger partial charge in [-0.1, -0.05) is 37.6 Å². The summed E-state index contributed by atoms with van der Waals surface area (Å²) in [6, 6.07) is 8.47. The van der Waals surface area contributed by atoms with Gasteiger partial charge in [-0.2, -0.15) is 0 Å². The maximum Gasteiger partial charge on any atom is 0.0406 e. The molecule has 1 aliphatic rings. The van der Waals surface area contributed by atoms with Crippen LogP contribution in [0, 0.1) is 11.3 Å². The van der Waals surface area contributed by atoms with Crippen molar-refractivity contribution < 1.29 is 0 Å². The largest absolute Gasteiger partial charge is 0.271 e. The Hall–Kier alpha value is -0.570. The minimum Gasteiger partial charge on any atom is -0.271 e. The lowest BCUT2D eigenvalue weighted by Crippen LogP contribution is -2.44. The first-order chi connectivity index (χ1) is 9.00. The first-order valence-electron chi connectivity index (χ1n) is 7.21. The molecule has 0 spiro atoms. The zero-order chi connectivity index (χ0) is 13.9. The van der Waals surface area contributed by atoms with Gasteiger partial charge in [-0.3, -0.25) is 11.3 Å². The average Bonchev–Trinajstić information content (AvgIpc) is 2.39. The second-order valence-electron chi connectivity index (χ2n) is 6.61. The van der Waals surface area contributed by atoms with Gasteiger partial charge in [-0.15, -0.1) is 0 Å². The molecule has 2 nitrogen and oxygen atoms in total. The van der Waals surface area contributed by atoms with Gasteiger partial charge in [0.25, 0.3) is 0 Å². The van der Waals surface area contributed by atoms with Gasteiger partial charge < -0.3 is 0 Å². The highest BCUT2D eigenvalue weighted by molar-refractivity contribution is 6.30. The summed E-state index contributed by atoms with van der Waals surface area (Å²) in [5.74, 6) is 6.46. The summed E-state index contributed by atoms with van der Waals surface area (Å²) in [7, 11) is 0. The lowest BCUT2D eigenvalue weighted by molar-refractivity contribution is 0.161. The Kier molecular flexibility index (Phi) is 4.88. The molecule has 0 aliphatic heterocycles. The van der Waals surface area contributed by atoms with Crippen LogP contribution in [-0.4, -0.2) is 6.04 Å². The topological polar surface area (TPSA) is 38.0 Å². The quantitative estimate of drug-likeness (QED) is 0.648. The summed E-state index contributed by atoms with van der Waals surface area (Å²) in [6.07, 6.45) is 6.14. The fraction of sp³-hybridized carbons (Fsp3) is 0.625. The Balaban J connectivity index is 1.95. The molecular formula is C16H25ClN2. The summed E-state index contributed by atoms with van der Waals surface area (Å²) >= 11 is 5.92. The number of nitrogens with one attached hydrogen (secondary N) is 1. The summed E-state index contributed by atoms with van der Waals surface area (Å²) in [4.78, 5) is 0. The predicted octanol–water partition coefficient (Wildman–Crippen LogP) is 3.93. The SMILES string of the molecule is CC1(C)CCC(C(Cc2ccc(Cl)cc2)NN)CC1. The fourth-order valence-electron chi connectivity index (χ4n) is 3.06. The third kappa shape index (κ3) is 4.20. The van der Waals surface area contributed by atoms with Crippen LogP contribution < -0.4 is 11.3 Å². The monoisotopic (exact) mass is 280 g/mol. The normalized spacial score (nSPS) is 21.3. The molecule has 0 radical (unpaired) electrons. The van der Waals surface area contributed by atoms with Crippen LogP contribution in [0.5, 0.6) is 0 Å². The number of nitrogens with two attached hydrogens (primary N) is 1.